The third kappa shape index (κ3) is 3.58. The highest BCUT2D eigenvalue weighted by atomic mass is 15.2. The summed E-state index contributed by atoms with van der Waals surface area (Å²) in [6.45, 7) is 6.53. The van der Waals surface area contributed by atoms with Crippen LogP contribution < -0.4 is 11.3 Å². The van der Waals surface area contributed by atoms with Gasteiger partial charge < -0.3 is 0 Å². The predicted molar refractivity (Wildman–Crippen MR) is 67.7 cm³/mol. The zero-order valence-corrected chi connectivity index (χ0v) is 10.5. The van der Waals surface area contributed by atoms with Crippen LogP contribution in [0.15, 0.2) is 18.3 Å². The molecule has 1 aromatic rings. The van der Waals surface area contributed by atoms with E-state index in [4.69, 9.17) is 5.84 Å². The van der Waals surface area contributed by atoms with Crippen molar-refractivity contribution in [3.8, 4) is 0 Å². The molecular formula is C13H23N3. The van der Waals surface area contributed by atoms with Crippen molar-refractivity contribution in [3.63, 3.8) is 0 Å². The number of hydrogen-bond donors (Lipinski definition) is 2. The average molecular weight is 221 g/mol. The monoisotopic (exact) mass is 221 g/mol. The number of nitrogens with one attached hydrogen (secondary N) is 1. The van der Waals surface area contributed by atoms with Gasteiger partial charge in [-0.05, 0) is 37.0 Å². The Hall–Kier alpha value is -0.930. The first-order valence-corrected chi connectivity index (χ1v) is 6.09. The summed E-state index contributed by atoms with van der Waals surface area (Å²) < 4.78 is 0. The Kier molecular flexibility index (Phi) is 5.43. The number of pyridine rings is 1. The van der Waals surface area contributed by atoms with E-state index in [1.807, 2.05) is 12.3 Å². The summed E-state index contributed by atoms with van der Waals surface area (Å²) in [5, 5.41) is 0. The quantitative estimate of drug-likeness (QED) is 0.573. The first kappa shape index (κ1) is 13.1. The van der Waals surface area contributed by atoms with Crippen LogP contribution in [0, 0.1) is 12.8 Å². The summed E-state index contributed by atoms with van der Waals surface area (Å²) in [6.07, 6.45) is 5.29. The number of hydrazine groups is 1. The molecule has 0 saturated heterocycles. The molecule has 1 heterocycles. The van der Waals surface area contributed by atoms with Crippen LogP contribution in [0.4, 0.5) is 0 Å². The summed E-state index contributed by atoms with van der Waals surface area (Å²) in [4.78, 5) is 4.39. The van der Waals surface area contributed by atoms with Crippen LogP contribution in [0.3, 0.4) is 0 Å². The minimum Gasteiger partial charge on any atom is -0.271 e. The molecule has 0 amide bonds. The molecule has 1 aromatic heterocycles. The van der Waals surface area contributed by atoms with Gasteiger partial charge >= 0.3 is 0 Å². The Morgan fingerprint density at radius 2 is 2.06 bits per heavy atom. The second-order valence-corrected chi connectivity index (χ2v) is 4.40. The maximum atomic E-state index is 5.62. The number of nitrogens with zero attached hydrogens (tertiary/aromatic N) is 1. The van der Waals surface area contributed by atoms with E-state index in [0.29, 0.717) is 5.92 Å². The minimum atomic E-state index is 0.171. The van der Waals surface area contributed by atoms with Gasteiger partial charge in [-0.2, -0.15) is 0 Å². The Balaban J connectivity index is 2.74. The van der Waals surface area contributed by atoms with E-state index in [-0.39, 0.29) is 6.04 Å². The molecule has 1 unspecified atom stereocenters. The molecule has 16 heavy (non-hydrogen) atoms. The molecular weight excluding hydrogens is 198 g/mol. The van der Waals surface area contributed by atoms with E-state index in [1.54, 1.807) is 0 Å². The summed E-state index contributed by atoms with van der Waals surface area (Å²) in [5.41, 5.74) is 5.16. The lowest BCUT2D eigenvalue weighted by Gasteiger charge is -2.21. The third-order valence-electron chi connectivity index (χ3n) is 3.22. The van der Waals surface area contributed by atoms with Crippen molar-refractivity contribution in [2.24, 2.45) is 11.8 Å². The van der Waals surface area contributed by atoms with Crippen molar-refractivity contribution in [1.29, 1.82) is 0 Å². The topological polar surface area (TPSA) is 50.9 Å². The smallest absolute Gasteiger partial charge is 0.0634 e. The van der Waals surface area contributed by atoms with Gasteiger partial charge in [0.2, 0.25) is 0 Å². The zero-order chi connectivity index (χ0) is 12.0. The molecule has 0 aliphatic carbocycles. The fourth-order valence-electron chi connectivity index (χ4n) is 1.98. The Bertz CT molecular complexity index is 308. The largest absolute Gasteiger partial charge is 0.271 e. The number of hydrogen-bond acceptors (Lipinski definition) is 3. The second-order valence-electron chi connectivity index (χ2n) is 4.40. The van der Waals surface area contributed by atoms with Crippen LogP contribution in [0.1, 0.15) is 50.4 Å². The molecule has 0 radical (unpaired) electrons. The van der Waals surface area contributed by atoms with E-state index in [9.17, 15) is 0 Å². The van der Waals surface area contributed by atoms with Crippen LogP contribution in [0.5, 0.6) is 0 Å². The van der Waals surface area contributed by atoms with Gasteiger partial charge in [-0.25, -0.2) is 0 Å². The number of rotatable bonds is 6. The lowest BCUT2D eigenvalue weighted by Crippen LogP contribution is -2.30. The Morgan fingerprint density at radius 1 is 1.38 bits per heavy atom. The molecule has 1 rings (SSSR count). The van der Waals surface area contributed by atoms with Crippen LogP contribution in [0.2, 0.25) is 0 Å². The molecule has 0 fully saturated rings. The summed E-state index contributed by atoms with van der Waals surface area (Å²) in [5.74, 6) is 6.33. The predicted octanol–water partition coefficient (Wildman–Crippen LogP) is 2.72. The fourth-order valence-corrected chi connectivity index (χ4v) is 1.98. The van der Waals surface area contributed by atoms with E-state index < -0.39 is 0 Å². The van der Waals surface area contributed by atoms with Crippen molar-refractivity contribution in [3.05, 3.63) is 29.6 Å². The number of aromatic nitrogens is 1. The second kappa shape index (κ2) is 6.61. The van der Waals surface area contributed by atoms with Crippen molar-refractivity contribution < 1.29 is 0 Å². The van der Waals surface area contributed by atoms with Gasteiger partial charge in [-0.1, -0.05) is 26.7 Å². The van der Waals surface area contributed by atoms with E-state index in [2.05, 4.69) is 37.2 Å². The van der Waals surface area contributed by atoms with E-state index in [0.717, 1.165) is 12.1 Å². The summed E-state index contributed by atoms with van der Waals surface area (Å²) >= 11 is 0. The minimum absolute atomic E-state index is 0.171. The third-order valence-corrected chi connectivity index (χ3v) is 3.22. The van der Waals surface area contributed by atoms with Gasteiger partial charge in [0.1, 0.15) is 0 Å². The molecule has 1 atom stereocenters. The lowest BCUT2D eigenvalue weighted by molar-refractivity contribution is 0.370. The maximum absolute atomic E-state index is 5.62. The number of nitrogens with two attached hydrogens (primary N) is 1. The van der Waals surface area contributed by atoms with Crippen LogP contribution in [-0.4, -0.2) is 4.98 Å². The highest BCUT2D eigenvalue weighted by molar-refractivity contribution is 5.17. The van der Waals surface area contributed by atoms with Crippen molar-refractivity contribution >= 4 is 0 Å². The molecule has 90 valence electrons. The molecule has 0 saturated carbocycles. The van der Waals surface area contributed by atoms with E-state index >= 15 is 0 Å². The highest BCUT2D eigenvalue weighted by Crippen LogP contribution is 2.23. The van der Waals surface area contributed by atoms with E-state index in [1.165, 1.54) is 18.4 Å². The van der Waals surface area contributed by atoms with Crippen molar-refractivity contribution in [1.82, 2.24) is 10.4 Å². The average Bonchev–Trinajstić information content (AvgIpc) is 2.31. The SMILES string of the molecule is CCC(CC)CC(NN)c1cc(C)ccn1. The van der Waals surface area contributed by atoms with Gasteiger partial charge in [0, 0.05) is 6.20 Å². The Morgan fingerprint density at radius 3 is 2.56 bits per heavy atom. The van der Waals surface area contributed by atoms with Gasteiger partial charge in [0.15, 0.2) is 0 Å². The molecule has 0 spiro atoms. The standard InChI is InChI=1S/C13H23N3/c1-4-11(5-2)9-13(16-14)12-8-10(3)6-7-15-12/h6-8,11,13,16H,4-5,9,14H2,1-3H3. The molecule has 0 bridgehead atoms. The normalized spacial score (nSPS) is 13.1. The molecule has 0 aromatic carbocycles. The molecule has 3 heteroatoms. The molecule has 0 aliphatic rings. The maximum Gasteiger partial charge on any atom is 0.0634 e. The van der Waals surface area contributed by atoms with Gasteiger partial charge in [-0.15, -0.1) is 0 Å². The van der Waals surface area contributed by atoms with Gasteiger partial charge in [0.25, 0.3) is 0 Å². The van der Waals surface area contributed by atoms with Crippen molar-refractivity contribution in [2.45, 2.75) is 46.1 Å². The molecule has 0 aliphatic heterocycles. The van der Waals surface area contributed by atoms with Crippen molar-refractivity contribution in [2.75, 3.05) is 0 Å². The van der Waals surface area contributed by atoms with Crippen LogP contribution in [0.25, 0.3) is 0 Å². The first-order chi connectivity index (χ1) is 7.71. The first-order valence-electron chi connectivity index (χ1n) is 6.09. The summed E-state index contributed by atoms with van der Waals surface area (Å²) in [7, 11) is 0. The highest BCUT2D eigenvalue weighted by Gasteiger charge is 2.15. The van der Waals surface area contributed by atoms with Crippen LogP contribution >= 0.6 is 0 Å². The summed E-state index contributed by atoms with van der Waals surface area (Å²) in [6, 6.07) is 4.28. The Labute approximate surface area is 98.4 Å². The zero-order valence-electron chi connectivity index (χ0n) is 10.5. The van der Waals surface area contributed by atoms with Gasteiger partial charge in [-0.3, -0.25) is 16.3 Å². The fraction of sp³-hybridized carbons (Fsp3) is 0.615. The van der Waals surface area contributed by atoms with Gasteiger partial charge in [0.05, 0.1) is 11.7 Å². The molecule has 3 nitrogen and oxygen atoms in total. The van der Waals surface area contributed by atoms with Crippen LogP contribution in [-0.2, 0) is 0 Å². The lowest BCUT2D eigenvalue weighted by atomic mass is 9.93. The number of aryl methyl sites for hydroxylation is 1. The molecule has 3 N–H and O–H groups in total.